The van der Waals surface area contributed by atoms with E-state index >= 15 is 0 Å². The van der Waals surface area contributed by atoms with Crippen LogP contribution in [0.25, 0.3) is 16.7 Å². The number of halogens is 1. The zero-order valence-electron chi connectivity index (χ0n) is 12.4. The van der Waals surface area contributed by atoms with Crippen molar-refractivity contribution in [3.8, 4) is 0 Å². The quantitative estimate of drug-likeness (QED) is 0.569. The third-order valence-corrected chi connectivity index (χ3v) is 4.76. The van der Waals surface area contributed by atoms with E-state index in [1.54, 1.807) is 21.7 Å². The lowest BCUT2D eigenvalue weighted by molar-refractivity contribution is 0.781. The van der Waals surface area contributed by atoms with E-state index in [0.717, 1.165) is 33.9 Å². The molecule has 3 aromatic heterocycles. The molecular weight excluding hydrogens is 312 g/mol. The topological polar surface area (TPSA) is 60.9 Å². The molecule has 1 saturated carbocycles. The van der Waals surface area contributed by atoms with Gasteiger partial charge in [-0.3, -0.25) is 4.68 Å². The van der Waals surface area contributed by atoms with Crippen molar-refractivity contribution < 1.29 is 0 Å². The summed E-state index contributed by atoms with van der Waals surface area (Å²) in [5, 5.41) is 10.5. The summed E-state index contributed by atoms with van der Waals surface area (Å²) in [6.45, 7) is 0. The average molecular weight is 325 g/mol. The fourth-order valence-electron chi connectivity index (χ4n) is 3.17. The second kappa shape index (κ2) is 4.52. The van der Waals surface area contributed by atoms with Crippen LogP contribution < -0.4 is 0 Å². The number of rotatable bonds is 2. The van der Waals surface area contributed by atoms with Crippen LogP contribution in [0.15, 0.2) is 36.8 Å². The van der Waals surface area contributed by atoms with Crippen LogP contribution in [-0.4, -0.2) is 29.4 Å². The summed E-state index contributed by atoms with van der Waals surface area (Å²) >= 11 is 5.96. The highest BCUT2D eigenvalue weighted by atomic mass is 35.5. The number of benzene rings is 1. The fourth-order valence-corrected chi connectivity index (χ4v) is 3.30. The van der Waals surface area contributed by atoms with Gasteiger partial charge in [0.05, 0.1) is 11.6 Å². The number of nitrogens with zero attached hydrogens (tertiary/aromatic N) is 6. The molecule has 3 heterocycles. The van der Waals surface area contributed by atoms with Crippen LogP contribution in [0.5, 0.6) is 0 Å². The molecular formula is C16H13ClN6. The first-order valence-corrected chi connectivity index (χ1v) is 7.87. The van der Waals surface area contributed by atoms with Crippen molar-refractivity contribution in [3.63, 3.8) is 0 Å². The van der Waals surface area contributed by atoms with Crippen LogP contribution in [0, 0.1) is 0 Å². The SMILES string of the molecule is Cn1ncc2c1ncn1nc([C@@H]3C[C@H]3c3ccc(Cl)cc3)nc21. The molecule has 6 nitrogen and oxygen atoms in total. The number of aromatic nitrogens is 6. The van der Waals surface area contributed by atoms with Crippen molar-refractivity contribution in [2.75, 3.05) is 0 Å². The first-order chi connectivity index (χ1) is 11.2. The van der Waals surface area contributed by atoms with Crippen LogP contribution in [0.1, 0.15) is 29.6 Å². The Kier molecular flexibility index (Phi) is 2.56. The summed E-state index contributed by atoms with van der Waals surface area (Å²) in [7, 11) is 1.88. The van der Waals surface area contributed by atoms with Gasteiger partial charge in [0, 0.05) is 18.0 Å². The molecule has 0 unspecified atom stereocenters. The lowest BCUT2D eigenvalue weighted by Crippen LogP contribution is -1.95. The average Bonchev–Trinajstić information content (AvgIpc) is 3.08. The Morgan fingerprint density at radius 2 is 1.96 bits per heavy atom. The molecule has 0 aliphatic heterocycles. The minimum Gasteiger partial charge on any atom is -0.250 e. The number of hydrogen-bond donors (Lipinski definition) is 0. The predicted molar refractivity (Wildman–Crippen MR) is 86.6 cm³/mol. The summed E-state index contributed by atoms with van der Waals surface area (Å²) in [4.78, 5) is 9.14. The van der Waals surface area contributed by atoms with Gasteiger partial charge in [-0.15, -0.1) is 5.10 Å². The van der Waals surface area contributed by atoms with Gasteiger partial charge in [0.25, 0.3) is 0 Å². The molecule has 0 amide bonds. The first kappa shape index (κ1) is 13.0. The van der Waals surface area contributed by atoms with Crippen molar-refractivity contribution in [1.82, 2.24) is 29.4 Å². The molecule has 23 heavy (non-hydrogen) atoms. The molecule has 2 atom stereocenters. The van der Waals surface area contributed by atoms with Gasteiger partial charge in [-0.05, 0) is 30.0 Å². The van der Waals surface area contributed by atoms with Gasteiger partial charge in [0.2, 0.25) is 0 Å². The van der Waals surface area contributed by atoms with E-state index in [9.17, 15) is 0 Å². The highest BCUT2D eigenvalue weighted by molar-refractivity contribution is 6.30. The Hall–Kier alpha value is -2.47. The summed E-state index contributed by atoms with van der Waals surface area (Å²) < 4.78 is 3.49. The molecule has 7 heteroatoms. The Labute approximate surface area is 136 Å². The van der Waals surface area contributed by atoms with E-state index < -0.39 is 0 Å². The van der Waals surface area contributed by atoms with E-state index in [0.29, 0.717) is 11.8 Å². The Bertz CT molecular complexity index is 1030. The minimum absolute atomic E-state index is 0.364. The second-order valence-corrected chi connectivity index (χ2v) is 6.42. The van der Waals surface area contributed by atoms with Crippen molar-refractivity contribution in [2.45, 2.75) is 18.3 Å². The zero-order chi connectivity index (χ0) is 15.6. The molecule has 5 rings (SSSR count). The fraction of sp³-hybridized carbons (Fsp3) is 0.250. The van der Waals surface area contributed by atoms with Gasteiger partial charge in [-0.1, -0.05) is 23.7 Å². The molecule has 1 aliphatic rings. The summed E-state index contributed by atoms with van der Waals surface area (Å²) in [5.41, 5.74) is 2.93. The van der Waals surface area contributed by atoms with Crippen molar-refractivity contribution in [2.24, 2.45) is 7.05 Å². The van der Waals surface area contributed by atoms with Crippen molar-refractivity contribution in [3.05, 3.63) is 53.2 Å². The Balaban J connectivity index is 1.54. The number of hydrogen-bond acceptors (Lipinski definition) is 4. The largest absolute Gasteiger partial charge is 0.250 e. The molecule has 1 fully saturated rings. The van der Waals surface area contributed by atoms with Gasteiger partial charge in [-0.2, -0.15) is 5.10 Å². The molecule has 1 aromatic carbocycles. The van der Waals surface area contributed by atoms with E-state index in [2.05, 4.69) is 27.3 Å². The van der Waals surface area contributed by atoms with E-state index in [-0.39, 0.29) is 0 Å². The molecule has 1 aliphatic carbocycles. The predicted octanol–water partition coefficient (Wildman–Crippen LogP) is 2.94. The molecule has 0 radical (unpaired) electrons. The Morgan fingerprint density at radius 3 is 2.78 bits per heavy atom. The summed E-state index contributed by atoms with van der Waals surface area (Å²) in [6, 6.07) is 8.05. The highest BCUT2D eigenvalue weighted by Crippen LogP contribution is 2.53. The lowest BCUT2D eigenvalue weighted by Gasteiger charge is -1.98. The molecule has 0 saturated heterocycles. The van der Waals surface area contributed by atoms with Crippen LogP contribution >= 0.6 is 11.6 Å². The van der Waals surface area contributed by atoms with Gasteiger partial charge in [0.1, 0.15) is 6.33 Å². The molecule has 4 aromatic rings. The van der Waals surface area contributed by atoms with E-state index in [1.165, 1.54) is 5.56 Å². The van der Waals surface area contributed by atoms with Crippen LogP contribution in [0.2, 0.25) is 5.02 Å². The third kappa shape index (κ3) is 1.95. The summed E-state index contributed by atoms with van der Waals surface area (Å²) in [5.74, 6) is 1.72. The van der Waals surface area contributed by atoms with Gasteiger partial charge in [-0.25, -0.2) is 14.5 Å². The van der Waals surface area contributed by atoms with Crippen molar-refractivity contribution in [1.29, 1.82) is 0 Å². The maximum atomic E-state index is 5.96. The highest BCUT2D eigenvalue weighted by Gasteiger charge is 2.42. The number of aryl methyl sites for hydroxylation is 1. The van der Waals surface area contributed by atoms with Gasteiger partial charge in [0.15, 0.2) is 17.1 Å². The molecule has 114 valence electrons. The Morgan fingerprint density at radius 1 is 1.13 bits per heavy atom. The molecule has 0 N–H and O–H groups in total. The number of fused-ring (bicyclic) bond motifs is 3. The summed E-state index contributed by atoms with van der Waals surface area (Å²) in [6.07, 6.45) is 4.57. The standard InChI is InChI=1S/C16H13ClN6/c1-22-15-13(7-19-22)16-20-14(21-23(16)8-18-15)12-6-11(12)9-2-4-10(17)5-3-9/h2-5,7-8,11-12H,6H2,1H3/t11-,12+/m0/s1. The first-order valence-electron chi connectivity index (χ1n) is 7.49. The maximum Gasteiger partial charge on any atom is 0.170 e. The van der Waals surface area contributed by atoms with Gasteiger partial charge >= 0.3 is 0 Å². The van der Waals surface area contributed by atoms with Crippen LogP contribution in [-0.2, 0) is 7.05 Å². The smallest absolute Gasteiger partial charge is 0.170 e. The minimum atomic E-state index is 0.364. The monoisotopic (exact) mass is 324 g/mol. The maximum absolute atomic E-state index is 5.96. The lowest BCUT2D eigenvalue weighted by atomic mass is 10.1. The van der Waals surface area contributed by atoms with Crippen molar-refractivity contribution >= 4 is 28.3 Å². The zero-order valence-corrected chi connectivity index (χ0v) is 13.1. The normalized spacial score (nSPS) is 20.4. The third-order valence-electron chi connectivity index (χ3n) is 4.51. The molecule has 0 bridgehead atoms. The van der Waals surface area contributed by atoms with Gasteiger partial charge < -0.3 is 0 Å². The van der Waals surface area contributed by atoms with Crippen LogP contribution in [0.3, 0.4) is 0 Å². The second-order valence-electron chi connectivity index (χ2n) is 5.99. The molecule has 0 spiro atoms. The van der Waals surface area contributed by atoms with Crippen LogP contribution in [0.4, 0.5) is 0 Å². The van der Waals surface area contributed by atoms with E-state index in [1.807, 2.05) is 19.2 Å². The van der Waals surface area contributed by atoms with E-state index in [4.69, 9.17) is 16.6 Å².